The largest absolute Gasteiger partial charge is 0.396 e. The molecular weight excluding hydrogens is 305 g/mol. The number of rotatable bonds is 5. The molecule has 1 rings (SSSR count). The van der Waals surface area contributed by atoms with Crippen LogP contribution in [-0.4, -0.2) is 23.7 Å². The van der Waals surface area contributed by atoms with Crippen LogP contribution >= 0.6 is 27.5 Å². The SMILES string of the molecule is CC(CCCO)NC(=O)c1ccc(Cl)cc1Br. The van der Waals surface area contributed by atoms with E-state index in [0.29, 0.717) is 21.5 Å². The first-order chi connectivity index (χ1) is 8.04. The third-order valence-corrected chi connectivity index (χ3v) is 3.24. The molecule has 0 saturated heterocycles. The van der Waals surface area contributed by atoms with E-state index in [2.05, 4.69) is 21.2 Å². The van der Waals surface area contributed by atoms with Gasteiger partial charge in [-0.1, -0.05) is 11.6 Å². The van der Waals surface area contributed by atoms with Crippen LogP contribution in [0.25, 0.3) is 0 Å². The molecule has 0 saturated carbocycles. The van der Waals surface area contributed by atoms with Crippen LogP contribution in [0.4, 0.5) is 0 Å². The number of carbonyl (C=O) groups is 1. The van der Waals surface area contributed by atoms with E-state index in [1.54, 1.807) is 18.2 Å². The van der Waals surface area contributed by atoms with E-state index in [0.717, 1.165) is 6.42 Å². The lowest BCUT2D eigenvalue weighted by molar-refractivity contribution is 0.0935. The monoisotopic (exact) mass is 319 g/mol. The highest BCUT2D eigenvalue weighted by Gasteiger charge is 2.12. The lowest BCUT2D eigenvalue weighted by Crippen LogP contribution is -2.32. The van der Waals surface area contributed by atoms with Crippen LogP contribution in [-0.2, 0) is 0 Å². The second-order valence-corrected chi connectivity index (χ2v) is 5.16. The Morgan fingerprint density at radius 1 is 1.59 bits per heavy atom. The minimum Gasteiger partial charge on any atom is -0.396 e. The van der Waals surface area contributed by atoms with Crippen molar-refractivity contribution in [2.24, 2.45) is 0 Å². The summed E-state index contributed by atoms with van der Waals surface area (Å²) in [5.74, 6) is -0.140. The number of carbonyl (C=O) groups excluding carboxylic acids is 1. The first-order valence-electron chi connectivity index (χ1n) is 5.41. The van der Waals surface area contributed by atoms with Gasteiger partial charge in [-0.05, 0) is 53.9 Å². The summed E-state index contributed by atoms with van der Waals surface area (Å²) < 4.78 is 0.678. The van der Waals surface area contributed by atoms with E-state index in [1.165, 1.54) is 0 Å². The van der Waals surface area contributed by atoms with Gasteiger partial charge in [-0.15, -0.1) is 0 Å². The fraction of sp³-hybridized carbons (Fsp3) is 0.417. The maximum absolute atomic E-state index is 11.9. The highest BCUT2D eigenvalue weighted by Crippen LogP contribution is 2.21. The van der Waals surface area contributed by atoms with Crippen molar-refractivity contribution in [3.63, 3.8) is 0 Å². The maximum Gasteiger partial charge on any atom is 0.252 e. The summed E-state index contributed by atoms with van der Waals surface area (Å²) in [5, 5.41) is 12.2. The number of nitrogens with one attached hydrogen (secondary N) is 1. The molecule has 1 atom stereocenters. The molecule has 0 bridgehead atoms. The average Bonchev–Trinajstić information content (AvgIpc) is 2.26. The van der Waals surface area contributed by atoms with E-state index >= 15 is 0 Å². The van der Waals surface area contributed by atoms with Crippen LogP contribution in [0.15, 0.2) is 22.7 Å². The molecule has 0 aliphatic rings. The minimum atomic E-state index is -0.140. The van der Waals surface area contributed by atoms with Crippen molar-refractivity contribution in [2.75, 3.05) is 6.61 Å². The standard InChI is InChI=1S/C12H15BrClNO2/c1-8(3-2-6-16)15-12(17)10-5-4-9(14)7-11(10)13/h4-5,7-8,16H,2-3,6H2,1H3,(H,15,17). The number of aliphatic hydroxyl groups is 1. The summed E-state index contributed by atoms with van der Waals surface area (Å²) in [6.07, 6.45) is 1.44. The smallest absolute Gasteiger partial charge is 0.252 e. The van der Waals surface area contributed by atoms with E-state index in [4.69, 9.17) is 16.7 Å². The van der Waals surface area contributed by atoms with Crippen molar-refractivity contribution >= 4 is 33.4 Å². The zero-order chi connectivity index (χ0) is 12.8. The van der Waals surface area contributed by atoms with Gasteiger partial charge in [0.15, 0.2) is 0 Å². The third kappa shape index (κ3) is 4.66. The lowest BCUT2D eigenvalue weighted by Gasteiger charge is -2.14. The first kappa shape index (κ1) is 14.5. The van der Waals surface area contributed by atoms with Gasteiger partial charge in [-0.25, -0.2) is 0 Å². The molecular formula is C12H15BrClNO2. The van der Waals surface area contributed by atoms with Gasteiger partial charge in [0.1, 0.15) is 0 Å². The van der Waals surface area contributed by atoms with E-state index in [9.17, 15) is 4.79 Å². The third-order valence-electron chi connectivity index (χ3n) is 2.35. The van der Waals surface area contributed by atoms with Crippen LogP contribution in [0.3, 0.4) is 0 Å². The molecule has 5 heteroatoms. The molecule has 0 fully saturated rings. The van der Waals surface area contributed by atoms with Gasteiger partial charge in [0.2, 0.25) is 0 Å². The Hall–Kier alpha value is -0.580. The van der Waals surface area contributed by atoms with Crippen LogP contribution in [0.2, 0.25) is 5.02 Å². The molecule has 0 heterocycles. The van der Waals surface area contributed by atoms with Crippen molar-refractivity contribution in [1.29, 1.82) is 0 Å². The molecule has 1 aromatic rings. The van der Waals surface area contributed by atoms with Crippen molar-refractivity contribution in [3.8, 4) is 0 Å². The lowest BCUT2D eigenvalue weighted by atomic mass is 10.1. The molecule has 0 spiro atoms. The zero-order valence-corrected chi connectivity index (χ0v) is 11.9. The van der Waals surface area contributed by atoms with Crippen LogP contribution in [0.5, 0.6) is 0 Å². The van der Waals surface area contributed by atoms with E-state index in [-0.39, 0.29) is 18.6 Å². The summed E-state index contributed by atoms with van der Waals surface area (Å²) in [4.78, 5) is 11.9. The van der Waals surface area contributed by atoms with Gasteiger partial charge in [0.05, 0.1) is 5.56 Å². The quantitative estimate of drug-likeness (QED) is 0.876. The van der Waals surface area contributed by atoms with Gasteiger partial charge in [-0.2, -0.15) is 0 Å². The number of hydrogen-bond donors (Lipinski definition) is 2. The Morgan fingerprint density at radius 3 is 2.88 bits per heavy atom. The van der Waals surface area contributed by atoms with Crippen molar-refractivity contribution < 1.29 is 9.90 Å². The molecule has 0 aliphatic carbocycles. The number of amides is 1. The topological polar surface area (TPSA) is 49.3 Å². The van der Waals surface area contributed by atoms with Gasteiger partial charge in [-0.3, -0.25) is 4.79 Å². The molecule has 17 heavy (non-hydrogen) atoms. The highest BCUT2D eigenvalue weighted by molar-refractivity contribution is 9.10. The van der Waals surface area contributed by atoms with Gasteiger partial charge in [0, 0.05) is 22.1 Å². The Labute approximate surface area is 114 Å². The molecule has 2 N–H and O–H groups in total. The molecule has 94 valence electrons. The first-order valence-corrected chi connectivity index (χ1v) is 6.58. The van der Waals surface area contributed by atoms with E-state index in [1.807, 2.05) is 6.92 Å². The fourth-order valence-electron chi connectivity index (χ4n) is 1.44. The molecule has 1 amide bonds. The van der Waals surface area contributed by atoms with Crippen molar-refractivity contribution in [3.05, 3.63) is 33.3 Å². The van der Waals surface area contributed by atoms with Crippen LogP contribution < -0.4 is 5.32 Å². The number of aliphatic hydroxyl groups excluding tert-OH is 1. The minimum absolute atomic E-state index is 0.0391. The second-order valence-electron chi connectivity index (χ2n) is 3.86. The highest BCUT2D eigenvalue weighted by atomic mass is 79.9. The Kier molecular flexibility index (Phi) is 5.95. The summed E-state index contributed by atoms with van der Waals surface area (Å²) in [5.41, 5.74) is 0.560. The van der Waals surface area contributed by atoms with Gasteiger partial charge < -0.3 is 10.4 Å². The summed E-state index contributed by atoms with van der Waals surface area (Å²) in [7, 11) is 0. The number of halogens is 2. The second kappa shape index (κ2) is 6.99. The Morgan fingerprint density at radius 2 is 2.29 bits per heavy atom. The molecule has 0 aromatic heterocycles. The number of hydrogen-bond acceptors (Lipinski definition) is 2. The maximum atomic E-state index is 11.9. The molecule has 1 aromatic carbocycles. The summed E-state index contributed by atoms with van der Waals surface area (Å²) in [6.45, 7) is 2.06. The van der Waals surface area contributed by atoms with E-state index < -0.39 is 0 Å². The predicted molar refractivity (Wildman–Crippen MR) is 72.4 cm³/mol. The zero-order valence-electron chi connectivity index (χ0n) is 9.54. The average molecular weight is 321 g/mol. The molecule has 1 unspecified atom stereocenters. The van der Waals surface area contributed by atoms with Crippen molar-refractivity contribution in [1.82, 2.24) is 5.32 Å². The van der Waals surface area contributed by atoms with Gasteiger partial charge >= 0.3 is 0 Å². The summed E-state index contributed by atoms with van der Waals surface area (Å²) in [6, 6.07) is 5.09. The van der Waals surface area contributed by atoms with Crippen LogP contribution in [0.1, 0.15) is 30.1 Å². The van der Waals surface area contributed by atoms with Gasteiger partial charge in [0.25, 0.3) is 5.91 Å². The Bertz CT molecular complexity index is 398. The molecule has 0 aliphatic heterocycles. The van der Waals surface area contributed by atoms with Crippen molar-refractivity contribution in [2.45, 2.75) is 25.8 Å². The summed E-state index contributed by atoms with van der Waals surface area (Å²) >= 11 is 9.11. The Balaban J connectivity index is 2.63. The molecule has 3 nitrogen and oxygen atoms in total. The fourth-order valence-corrected chi connectivity index (χ4v) is 2.31. The predicted octanol–water partition coefficient (Wildman–Crippen LogP) is 2.99. The normalized spacial score (nSPS) is 12.2. The van der Waals surface area contributed by atoms with Crippen LogP contribution in [0, 0.1) is 0 Å². The number of benzene rings is 1. The molecule has 0 radical (unpaired) electrons.